The molecule has 3 aromatic rings. The maximum absolute atomic E-state index is 5.61. The number of hydrogen-bond donors (Lipinski definition) is 0. The second-order valence-electron chi connectivity index (χ2n) is 4.93. The molecule has 118 valence electrons. The molecule has 0 bridgehead atoms. The van der Waals surface area contributed by atoms with Gasteiger partial charge in [-0.05, 0) is 48.5 Å². The van der Waals surface area contributed by atoms with E-state index in [0.29, 0.717) is 5.33 Å². The normalized spacial score (nSPS) is 10.6. The van der Waals surface area contributed by atoms with Crippen molar-refractivity contribution in [3.05, 3.63) is 54.1 Å². The summed E-state index contributed by atoms with van der Waals surface area (Å²) in [6.07, 6.45) is 0. The molecule has 0 spiro atoms. The van der Waals surface area contributed by atoms with Crippen molar-refractivity contribution in [2.45, 2.75) is 5.33 Å². The van der Waals surface area contributed by atoms with Crippen molar-refractivity contribution in [2.75, 3.05) is 14.2 Å². The number of methoxy groups -OCH3 is 2. The first-order chi connectivity index (χ1) is 11.3. The quantitative estimate of drug-likeness (QED) is 0.595. The van der Waals surface area contributed by atoms with E-state index in [4.69, 9.17) is 14.0 Å². The Morgan fingerprint density at radius 1 is 0.870 bits per heavy atom. The number of nitrogens with zero attached hydrogens (tertiary/aromatic N) is 1. The zero-order valence-corrected chi connectivity index (χ0v) is 14.5. The first kappa shape index (κ1) is 15.6. The second kappa shape index (κ2) is 6.87. The van der Waals surface area contributed by atoms with Crippen molar-refractivity contribution in [1.82, 2.24) is 5.16 Å². The van der Waals surface area contributed by atoms with E-state index in [1.807, 2.05) is 48.5 Å². The van der Waals surface area contributed by atoms with Gasteiger partial charge in [0.2, 0.25) is 0 Å². The zero-order valence-electron chi connectivity index (χ0n) is 12.9. The van der Waals surface area contributed by atoms with Crippen LogP contribution >= 0.6 is 15.9 Å². The maximum atomic E-state index is 5.61. The van der Waals surface area contributed by atoms with Gasteiger partial charge in [-0.3, -0.25) is 0 Å². The Balaban J connectivity index is 2.01. The molecule has 0 radical (unpaired) electrons. The molecule has 0 N–H and O–H groups in total. The maximum Gasteiger partial charge on any atom is 0.171 e. The average molecular weight is 374 g/mol. The smallest absolute Gasteiger partial charge is 0.171 e. The number of benzene rings is 2. The minimum absolute atomic E-state index is 0.652. The van der Waals surface area contributed by atoms with E-state index in [9.17, 15) is 0 Å². The predicted octanol–water partition coefficient (Wildman–Crippen LogP) is 4.92. The molecule has 1 aromatic heterocycles. The Labute approximate surface area is 143 Å². The van der Waals surface area contributed by atoms with Crippen LogP contribution in [0.15, 0.2) is 53.1 Å². The molecule has 1 heterocycles. The summed E-state index contributed by atoms with van der Waals surface area (Å²) < 4.78 is 16.0. The third-order valence-electron chi connectivity index (χ3n) is 3.64. The van der Waals surface area contributed by atoms with Gasteiger partial charge in [0.1, 0.15) is 17.2 Å². The summed E-state index contributed by atoms with van der Waals surface area (Å²) in [6, 6.07) is 15.5. The molecule has 0 atom stereocenters. The van der Waals surface area contributed by atoms with Crippen molar-refractivity contribution < 1.29 is 14.0 Å². The summed E-state index contributed by atoms with van der Waals surface area (Å²) in [5.74, 6) is 2.38. The highest BCUT2D eigenvalue weighted by molar-refractivity contribution is 9.08. The summed E-state index contributed by atoms with van der Waals surface area (Å²) in [5, 5.41) is 4.91. The van der Waals surface area contributed by atoms with Crippen LogP contribution in [0.25, 0.3) is 22.6 Å². The van der Waals surface area contributed by atoms with Crippen LogP contribution in [0.4, 0.5) is 0 Å². The van der Waals surface area contributed by atoms with Crippen LogP contribution in [-0.2, 0) is 5.33 Å². The molecule has 0 saturated carbocycles. The molecule has 5 heteroatoms. The topological polar surface area (TPSA) is 44.5 Å². The van der Waals surface area contributed by atoms with Gasteiger partial charge in [-0.1, -0.05) is 21.1 Å². The number of halogens is 1. The fraction of sp³-hybridized carbons (Fsp3) is 0.167. The van der Waals surface area contributed by atoms with Crippen LogP contribution in [0.5, 0.6) is 11.5 Å². The Hall–Kier alpha value is -2.27. The number of ether oxygens (including phenoxy) is 2. The van der Waals surface area contributed by atoms with Gasteiger partial charge in [0.25, 0.3) is 0 Å². The highest BCUT2D eigenvalue weighted by atomic mass is 79.9. The fourth-order valence-corrected chi connectivity index (χ4v) is 2.90. The number of hydrogen-bond acceptors (Lipinski definition) is 4. The summed E-state index contributed by atoms with van der Waals surface area (Å²) in [4.78, 5) is 0. The lowest BCUT2D eigenvalue weighted by Crippen LogP contribution is -1.87. The van der Waals surface area contributed by atoms with E-state index in [1.54, 1.807) is 14.2 Å². The van der Waals surface area contributed by atoms with E-state index in [0.717, 1.165) is 39.6 Å². The van der Waals surface area contributed by atoms with Gasteiger partial charge in [-0.25, -0.2) is 0 Å². The van der Waals surface area contributed by atoms with Crippen molar-refractivity contribution in [2.24, 2.45) is 0 Å². The number of rotatable bonds is 5. The van der Waals surface area contributed by atoms with Gasteiger partial charge in [0, 0.05) is 22.0 Å². The molecular weight excluding hydrogens is 358 g/mol. The van der Waals surface area contributed by atoms with Crippen molar-refractivity contribution in [1.29, 1.82) is 0 Å². The van der Waals surface area contributed by atoms with E-state index < -0.39 is 0 Å². The van der Waals surface area contributed by atoms with E-state index in [-0.39, 0.29) is 0 Å². The van der Waals surface area contributed by atoms with Crippen LogP contribution in [0.2, 0.25) is 0 Å². The molecule has 23 heavy (non-hydrogen) atoms. The molecule has 0 aliphatic heterocycles. The van der Waals surface area contributed by atoms with Crippen LogP contribution < -0.4 is 9.47 Å². The van der Waals surface area contributed by atoms with Crippen molar-refractivity contribution in [3.63, 3.8) is 0 Å². The van der Waals surface area contributed by atoms with Crippen LogP contribution in [0.3, 0.4) is 0 Å². The molecule has 0 saturated heterocycles. The van der Waals surface area contributed by atoms with E-state index in [1.165, 1.54) is 0 Å². The Bertz CT molecular complexity index is 714. The third kappa shape index (κ3) is 3.10. The molecule has 0 amide bonds. The highest BCUT2D eigenvalue weighted by Gasteiger charge is 2.18. The molecule has 0 aliphatic carbocycles. The minimum atomic E-state index is 0.652. The second-order valence-corrected chi connectivity index (χ2v) is 5.49. The molecule has 0 fully saturated rings. The third-order valence-corrected chi connectivity index (χ3v) is 4.20. The molecule has 4 nitrogen and oxygen atoms in total. The first-order valence-corrected chi connectivity index (χ1v) is 8.22. The van der Waals surface area contributed by atoms with E-state index >= 15 is 0 Å². The zero-order chi connectivity index (χ0) is 16.2. The lowest BCUT2D eigenvalue weighted by atomic mass is 10.0. The molecule has 3 rings (SSSR count). The van der Waals surface area contributed by atoms with Crippen LogP contribution in [0.1, 0.15) is 5.56 Å². The fourth-order valence-electron chi connectivity index (χ4n) is 2.38. The van der Waals surface area contributed by atoms with Crippen LogP contribution in [0, 0.1) is 0 Å². The lowest BCUT2D eigenvalue weighted by molar-refractivity contribution is 0.414. The van der Waals surface area contributed by atoms with Gasteiger partial charge >= 0.3 is 0 Å². The molecule has 0 aliphatic rings. The van der Waals surface area contributed by atoms with Gasteiger partial charge in [-0.15, -0.1) is 0 Å². The summed E-state index contributed by atoms with van der Waals surface area (Å²) in [5.41, 5.74) is 3.80. The van der Waals surface area contributed by atoms with Crippen molar-refractivity contribution >= 4 is 15.9 Å². The molecule has 2 aromatic carbocycles. The largest absolute Gasteiger partial charge is 0.497 e. The standard InChI is InChI=1S/C18H16BrNO3/c1-21-14-7-3-12(4-8-14)17-16(11-19)18(23-20-17)13-5-9-15(22-2)10-6-13/h3-10H,11H2,1-2H3. The average Bonchev–Trinajstić information content (AvgIpc) is 3.05. The van der Waals surface area contributed by atoms with Gasteiger partial charge in [0.05, 0.1) is 14.2 Å². The summed E-state index contributed by atoms with van der Waals surface area (Å²) in [6.45, 7) is 0. The van der Waals surface area contributed by atoms with Crippen LogP contribution in [-0.4, -0.2) is 19.4 Å². The lowest BCUT2D eigenvalue weighted by Gasteiger charge is -2.04. The predicted molar refractivity (Wildman–Crippen MR) is 93.1 cm³/mol. The van der Waals surface area contributed by atoms with Gasteiger partial charge in [0.15, 0.2) is 5.76 Å². The van der Waals surface area contributed by atoms with Gasteiger partial charge in [-0.2, -0.15) is 0 Å². The Kier molecular flexibility index (Phi) is 4.67. The molecule has 0 unspecified atom stereocenters. The summed E-state index contributed by atoms with van der Waals surface area (Å²) in [7, 11) is 3.30. The minimum Gasteiger partial charge on any atom is -0.497 e. The first-order valence-electron chi connectivity index (χ1n) is 7.10. The Morgan fingerprint density at radius 2 is 1.39 bits per heavy atom. The number of aromatic nitrogens is 1. The van der Waals surface area contributed by atoms with Gasteiger partial charge < -0.3 is 14.0 Å². The Morgan fingerprint density at radius 3 is 1.87 bits per heavy atom. The SMILES string of the molecule is COc1ccc(-c2noc(-c3ccc(OC)cc3)c2CBr)cc1. The molecular formula is C18H16BrNO3. The monoisotopic (exact) mass is 373 g/mol. The number of alkyl halides is 1. The van der Waals surface area contributed by atoms with E-state index in [2.05, 4.69) is 21.1 Å². The van der Waals surface area contributed by atoms with Crippen molar-refractivity contribution in [3.8, 4) is 34.1 Å². The summed E-state index contributed by atoms with van der Waals surface area (Å²) >= 11 is 3.54. The highest BCUT2D eigenvalue weighted by Crippen LogP contribution is 2.34.